The van der Waals surface area contributed by atoms with E-state index in [9.17, 15) is 0 Å². The van der Waals surface area contributed by atoms with Crippen molar-refractivity contribution in [2.75, 3.05) is 7.05 Å². The van der Waals surface area contributed by atoms with Crippen molar-refractivity contribution in [3.05, 3.63) is 20.8 Å². The molecule has 1 atom stereocenters. The van der Waals surface area contributed by atoms with E-state index in [-0.39, 0.29) is 0 Å². The fourth-order valence-electron chi connectivity index (χ4n) is 1.90. The van der Waals surface area contributed by atoms with Crippen molar-refractivity contribution in [2.45, 2.75) is 31.7 Å². The smallest absolute Gasteiger partial charge is 0.0285 e. The van der Waals surface area contributed by atoms with Gasteiger partial charge in [-0.3, -0.25) is 0 Å². The molecule has 1 aliphatic rings. The van der Waals surface area contributed by atoms with Gasteiger partial charge >= 0.3 is 0 Å². The van der Waals surface area contributed by atoms with E-state index in [1.54, 1.807) is 0 Å². The van der Waals surface area contributed by atoms with Gasteiger partial charge in [-0.05, 0) is 60.6 Å². The third-order valence-electron chi connectivity index (χ3n) is 2.89. The first kappa shape index (κ1) is 10.7. The minimum absolute atomic E-state index is 0.746. The van der Waals surface area contributed by atoms with E-state index < -0.39 is 0 Å². The van der Waals surface area contributed by atoms with Crippen LogP contribution in [0.5, 0.6) is 0 Å². The fraction of sp³-hybridized carbons (Fsp3) is 0.636. The molecule has 0 aromatic carbocycles. The average Bonchev–Trinajstić information content (AvgIpc) is 2.92. The molecule has 0 aliphatic heterocycles. The molecule has 1 aromatic heterocycles. The number of nitrogens with one attached hydrogen (secondary N) is 1. The first-order valence-electron chi connectivity index (χ1n) is 5.20. The topological polar surface area (TPSA) is 12.0 Å². The highest BCUT2D eigenvalue weighted by atomic mass is 79.9. The quantitative estimate of drug-likeness (QED) is 0.867. The van der Waals surface area contributed by atoms with Gasteiger partial charge in [0.15, 0.2) is 0 Å². The summed E-state index contributed by atoms with van der Waals surface area (Å²) >= 11 is 5.35. The van der Waals surface area contributed by atoms with Crippen LogP contribution >= 0.6 is 27.3 Å². The van der Waals surface area contributed by atoms with Gasteiger partial charge in [-0.25, -0.2) is 0 Å². The molecule has 0 bridgehead atoms. The Morgan fingerprint density at radius 2 is 2.43 bits per heavy atom. The zero-order chi connectivity index (χ0) is 9.97. The minimum atomic E-state index is 0.746. The van der Waals surface area contributed by atoms with Crippen LogP contribution in [0.3, 0.4) is 0 Å². The number of rotatable bonds is 5. The fourth-order valence-corrected chi connectivity index (χ4v) is 3.37. The Balaban J connectivity index is 1.80. The molecule has 78 valence electrons. The lowest BCUT2D eigenvalue weighted by atomic mass is 10.1. The van der Waals surface area contributed by atoms with Gasteiger partial charge in [0, 0.05) is 20.8 Å². The second-order valence-corrected chi connectivity index (χ2v) is 5.91. The third-order valence-corrected chi connectivity index (χ3v) is 4.64. The predicted molar refractivity (Wildman–Crippen MR) is 65.9 cm³/mol. The molecule has 1 unspecified atom stereocenters. The van der Waals surface area contributed by atoms with E-state index in [2.05, 4.69) is 39.7 Å². The Hall–Kier alpha value is 0.140. The summed E-state index contributed by atoms with van der Waals surface area (Å²) in [4.78, 5) is 1.50. The highest BCUT2D eigenvalue weighted by Crippen LogP contribution is 2.34. The molecule has 2 rings (SSSR count). The zero-order valence-corrected chi connectivity index (χ0v) is 10.8. The van der Waals surface area contributed by atoms with E-state index in [0.717, 1.165) is 12.0 Å². The molecule has 1 fully saturated rings. The summed E-state index contributed by atoms with van der Waals surface area (Å²) < 4.78 is 1.23. The summed E-state index contributed by atoms with van der Waals surface area (Å²) in [6.07, 6.45) is 5.37. The molecular weight excluding hydrogens is 258 g/mol. The molecule has 1 nitrogen and oxygen atoms in total. The molecule has 1 saturated carbocycles. The van der Waals surface area contributed by atoms with Crippen LogP contribution in [0.2, 0.25) is 0 Å². The van der Waals surface area contributed by atoms with Gasteiger partial charge in [-0.15, -0.1) is 11.3 Å². The Labute approximate surface area is 98.0 Å². The lowest BCUT2D eigenvalue weighted by molar-refractivity contribution is 0.472. The number of hydrogen-bond donors (Lipinski definition) is 1. The highest BCUT2D eigenvalue weighted by Gasteiger charge is 2.29. The first-order chi connectivity index (χ1) is 6.79. The van der Waals surface area contributed by atoms with Crippen LogP contribution in [0, 0.1) is 5.92 Å². The summed E-state index contributed by atoms with van der Waals surface area (Å²) in [7, 11) is 2.09. The Kier molecular flexibility index (Phi) is 3.63. The van der Waals surface area contributed by atoms with E-state index in [4.69, 9.17) is 0 Å². The van der Waals surface area contributed by atoms with Crippen molar-refractivity contribution in [3.63, 3.8) is 0 Å². The van der Waals surface area contributed by atoms with Crippen LogP contribution in [0.25, 0.3) is 0 Å². The van der Waals surface area contributed by atoms with E-state index in [1.165, 1.54) is 35.0 Å². The number of aryl methyl sites for hydroxylation is 1. The summed E-state index contributed by atoms with van der Waals surface area (Å²) in [5.41, 5.74) is 0. The zero-order valence-electron chi connectivity index (χ0n) is 8.42. The standard InChI is InChI=1S/C11H16BrNS/c1-13-11(8-2-3-8)5-4-10-6-9(12)7-14-10/h6-8,11,13H,2-5H2,1H3. The van der Waals surface area contributed by atoms with Crippen LogP contribution in [0.4, 0.5) is 0 Å². The molecule has 1 N–H and O–H groups in total. The second kappa shape index (κ2) is 4.77. The normalized spacial score (nSPS) is 18.4. The molecule has 1 aliphatic carbocycles. The molecule has 0 radical (unpaired) electrons. The van der Waals surface area contributed by atoms with Gasteiger partial charge in [0.05, 0.1) is 0 Å². The third kappa shape index (κ3) is 2.81. The monoisotopic (exact) mass is 273 g/mol. The molecule has 1 aromatic rings. The molecule has 1 heterocycles. The van der Waals surface area contributed by atoms with Crippen LogP contribution < -0.4 is 5.32 Å². The summed E-state index contributed by atoms with van der Waals surface area (Å²) in [6, 6.07) is 2.99. The maximum Gasteiger partial charge on any atom is 0.0285 e. The van der Waals surface area contributed by atoms with E-state index in [0.29, 0.717) is 0 Å². The average molecular weight is 274 g/mol. The number of hydrogen-bond acceptors (Lipinski definition) is 2. The summed E-state index contributed by atoms with van der Waals surface area (Å²) in [5.74, 6) is 0.961. The van der Waals surface area contributed by atoms with E-state index in [1.807, 2.05) is 11.3 Å². The van der Waals surface area contributed by atoms with Crippen molar-refractivity contribution in [1.82, 2.24) is 5.32 Å². The Morgan fingerprint density at radius 1 is 1.64 bits per heavy atom. The molecular formula is C11H16BrNS. The maximum atomic E-state index is 3.49. The van der Waals surface area contributed by atoms with Gasteiger partial charge in [0.25, 0.3) is 0 Å². The van der Waals surface area contributed by atoms with Gasteiger partial charge < -0.3 is 5.32 Å². The highest BCUT2D eigenvalue weighted by molar-refractivity contribution is 9.10. The van der Waals surface area contributed by atoms with Crippen LogP contribution in [0.15, 0.2) is 15.9 Å². The lowest BCUT2D eigenvalue weighted by Gasteiger charge is -2.13. The number of halogens is 1. The molecule has 3 heteroatoms. The maximum absolute atomic E-state index is 3.49. The Morgan fingerprint density at radius 3 is 2.93 bits per heavy atom. The van der Waals surface area contributed by atoms with Gasteiger partial charge in [0.2, 0.25) is 0 Å². The Bertz CT molecular complexity index is 293. The van der Waals surface area contributed by atoms with Crippen LogP contribution in [-0.2, 0) is 6.42 Å². The molecule has 0 spiro atoms. The van der Waals surface area contributed by atoms with Crippen molar-refractivity contribution in [2.24, 2.45) is 5.92 Å². The number of thiophene rings is 1. The largest absolute Gasteiger partial charge is 0.317 e. The second-order valence-electron chi connectivity index (χ2n) is 4.00. The molecule has 0 amide bonds. The van der Waals surface area contributed by atoms with Crippen molar-refractivity contribution in [3.8, 4) is 0 Å². The predicted octanol–water partition coefficient (Wildman–Crippen LogP) is 3.44. The summed E-state index contributed by atoms with van der Waals surface area (Å²) in [6.45, 7) is 0. The molecule has 14 heavy (non-hydrogen) atoms. The van der Waals surface area contributed by atoms with Gasteiger partial charge in [0.1, 0.15) is 0 Å². The van der Waals surface area contributed by atoms with Crippen LogP contribution in [0.1, 0.15) is 24.1 Å². The van der Waals surface area contributed by atoms with Crippen molar-refractivity contribution in [1.29, 1.82) is 0 Å². The van der Waals surface area contributed by atoms with Crippen molar-refractivity contribution < 1.29 is 0 Å². The SMILES string of the molecule is CNC(CCc1cc(Br)cs1)C1CC1. The lowest BCUT2D eigenvalue weighted by Crippen LogP contribution is -2.27. The minimum Gasteiger partial charge on any atom is -0.317 e. The van der Waals surface area contributed by atoms with Gasteiger partial charge in [-0.2, -0.15) is 0 Å². The molecule has 0 saturated heterocycles. The van der Waals surface area contributed by atoms with Crippen molar-refractivity contribution >= 4 is 27.3 Å². The van der Waals surface area contributed by atoms with Crippen LogP contribution in [-0.4, -0.2) is 13.1 Å². The van der Waals surface area contributed by atoms with Gasteiger partial charge in [-0.1, -0.05) is 0 Å². The first-order valence-corrected chi connectivity index (χ1v) is 6.87. The van der Waals surface area contributed by atoms with E-state index >= 15 is 0 Å². The summed E-state index contributed by atoms with van der Waals surface area (Å²) in [5, 5.41) is 5.60.